The van der Waals surface area contributed by atoms with Crippen LogP contribution in [0.5, 0.6) is 0 Å². The number of nitrogens with zero attached hydrogens (tertiary/aromatic N) is 2. The van der Waals surface area contributed by atoms with E-state index in [0.717, 1.165) is 32.9 Å². The van der Waals surface area contributed by atoms with Crippen LogP contribution in [-0.4, -0.2) is 9.97 Å². The first-order chi connectivity index (χ1) is 13.1. The molecule has 0 fully saturated rings. The summed E-state index contributed by atoms with van der Waals surface area (Å²) in [6, 6.07) is 23.3. The third-order valence-electron chi connectivity index (χ3n) is 5.05. The van der Waals surface area contributed by atoms with Gasteiger partial charge in [0.15, 0.2) is 0 Å². The predicted octanol–water partition coefficient (Wildman–Crippen LogP) is 6.87. The number of aromatic nitrogens is 2. The lowest BCUT2D eigenvalue weighted by atomic mass is 9.94. The molecule has 27 heavy (non-hydrogen) atoms. The number of rotatable bonds is 1. The fraction of sp³-hybridized carbons (Fsp3) is 0.0833. The lowest BCUT2D eigenvalue weighted by Crippen LogP contribution is -1.95. The predicted molar refractivity (Wildman–Crippen MR) is 114 cm³/mol. The molecule has 0 aliphatic rings. The number of benzene rings is 4. The van der Waals surface area contributed by atoms with Gasteiger partial charge in [0.25, 0.3) is 0 Å². The van der Waals surface area contributed by atoms with Crippen molar-refractivity contribution in [1.82, 2.24) is 9.97 Å². The Balaban J connectivity index is 2.07. The van der Waals surface area contributed by atoms with Gasteiger partial charge in [-0.15, -0.1) is 0 Å². The van der Waals surface area contributed by atoms with Crippen LogP contribution in [0.1, 0.15) is 11.1 Å². The standard InChI is InChI=1S/C24H17ClN2/c1-14-11-15(2)13-16(12-14)22-21-19-9-5-3-7-17(19)18-8-4-6-10-20(18)23(21)27-24(25)26-22/h3-13H,1-2H3. The van der Waals surface area contributed by atoms with Gasteiger partial charge in [0, 0.05) is 16.3 Å². The molecule has 5 aromatic rings. The highest BCUT2D eigenvalue weighted by atomic mass is 35.5. The zero-order chi connectivity index (χ0) is 18.5. The molecule has 0 aliphatic heterocycles. The molecule has 1 aromatic heterocycles. The number of halogens is 1. The first-order valence-electron chi connectivity index (χ1n) is 8.97. The van der Waals surface area contributed by atoms with Gasteiger partial charge in [-0.25, -0.2) is 9.97 Å². The van der Waals surface area contributed by atoms with Gasteiger partial charge in [0.2, 0.25) is 5.28 Å². The Morgan fingerprint density at radius 3 is 1.89 bits per heavy atom. The zero-order valence-corrected chi connectivity index (χ0v) is 15.9. The van der Waals surface area contributed by atoms with Gasteiger partial charge in [-0.05, 0) is 53.7 Å². The van der Waals surface area contributed by atoms with Gasteiger partial charge >= 0.3 is 0 Å². The molecular formula is C24H17ClN2. The van der Waals surface area contributed by atoms with Gasteiger partial charge in [-0.3, -0.25) is 0 Å². The maximum atomic E-state index is 6.38. The summed E-state index contributed by atoms with van der Waals surface area (Å²) in [6.45, 7) is 4.21. The second-order valence-corrected chi connectivity index (χ2v) is 7.37. The number of hydrogen-bond donors (Lipinski definition) is 0. The van der Waals surface area contributed by atoms with E-state index in [2.05, 4.69) is 84.5 Å². The fourth-order valence-electron chi connectivity index (χ4n) is 4.06. The maximum absolute atomic E-state index is 6.38. The first-order valence-corrected chi connectivity index (χ1v) is 9.35. The number of hydrogen-bond acceptors (Lipinski definition) is 2. The van der Waals surface area contributed by atoms with E-state index in [-0.39, 0.29) is 5.28 Å². The maximum Gasteiger partial charge on any atom is 0.223 e. The molecular weight excluding hydrogens is 352 g/mol. The van der Waals surface area contributed by atoms with E-state index in [0.29, 0.717) is 0 Å². The molecule has 0 saturated heterocycles. The summed E-state index contributed by atoms with van der Waals surface area (Å²) in [5.74, 6) is 0. The Labute approximate surface area is 162 Å². The number of fused-ring (bicyclic) bond motifs is 6. The molecule has 3 heteroatoms. The Bertz CT molecular complexity index is 1340. The molecule has 0 spiro atoms. The van der Waals surface area contributed by atoms with Crippen LogP contribution in [0.4, 0.5) is 0 Å². The SMILES string of the molecule is Cc1cc(C)cc(-c2nc(Cl)nc3c4ccccc4c4ccccc4c23)c1. The fourth-order valence-corrected chi connectivity index (χ4v) is 4.23. The molecule has 5 rings (SSSR count). The molecule has 2 nitrogen and oxygen atoms in total. The molecule has 0 bridgehead atoms. The molecule has 0 unspecified atom stereocenters. The van der Waals surface area contributed by atoms with Crippen molar-refractivity contribution < 1.29 is 0 Å². The topological polar surface area (TPSA) is 25.8 Å². The second-order valence-electron chi connectivity index (χ2n) is 7.03. The van der Waals surface area contributed by atoms with Gasteiger partial charge in [-0.2, -0.15) is 0 Å². The Hall–Kier alpha value is -2.97. The van der Waals surface area contributed by atoms with Crippen LogP contribution < -0.4 is 0 Å². The summed E-state index contributed by atoms with van der Waals surface area (Å²) >= 11 is 6.38. The van der Waals surface area contributed by atoms with Crippen molar-refractivity contribution in [1.29, 1.82) is 0 Å². The molecule has 0 N–H and O–H groups in total. The van der Waals surface area contributed by atoms with Gasteiger partial charge in [-0.1, -0.05) is 65.7 Å². The van der Waals surface area contributed by atoms with E-state index in [9.17, 15) is 0 Å². The normalized spacial score (nSPS) is 11.5. The lowest BCUT2D eigenvalue weighted by Gasteiger charge is -2.14. The average molecular weight is 369 g/mol. The van der Waals surface area contributed by atoms with Crippen LogP contribution in [0, 0.1) is 13.8 Å². The van der Waals surface area contributed by atoms with E-state index < -0.39 is 0 Å². The van der Waals surface area contributed by atoms with E-state index in [1.165, 1.54) is 21.9 Å². The van der Waals surface area contributed by atoms with E-state index in [1.54, 1.807) is 0 Å². The minimum Gasteiger partial charge on any atom is -0.217 e. The Kier molecular flexibility index (Phi) is 3.63. The largest absolute Gasteiger partial charge is 0.223 e. The molecule has 130 valence electrons. The van der Waals surface area contributed by atoms with Crippen LogP contribution in [0.15, 0.2) is 66.7 Å². The van der Waals surface area contributed by atoms with Crippen molar-refractivity contribution in [3.05, 3.63) is 83.1 Å². The van der Waals surface area contributed by atoms with E-state index >= 15 is 0 Å². The molecule has 0 atom stereocenters. The summed E-state index contributed by atoms with van der Waals surface area (Å²) in [7, 11) is 0. The molecule has 0 saturated carbocycles. The van der Waals surface area contributed by atoms with Crippen LogP contribution >= 0.6 is 11.6 Å². The summed E-state index contributed by atoms with van der Waals surface area (Å²) < 4.78 is 0. The highest BCUT2D eigenvalue weighted by molar-refractivity contribution is 6.31. The minimum absolute atomic E-state index is 0.275. The monoisotopic (exact) mass is 368 g/mol. The van der Waals surface area contributed by atoms with Crippen molar-refractivity contribution in [2.45, 2.75) is 13.8 Å². The van der Waals surface area contributed by atoms with Crippen LogP contribution in [0.25, 0.3) is 43.7 Å². The Morgan fingerprint density at radius 1 is 0.667 bits per heavy atom. The number of aryl methyl sites for hydroxylation is 2. The van der Waals surface area contributed by atoms with Crippen molar-refractivity contribution in [2.24, 2.45) is 0 Å². The quantitative estimate of drug-likeness (QED) is 0.238. The molecule has 0 radical (unpaired) electrons. The highest BCUT2D eigenvalue weighted by Gasteiger charge is 2.16. The molecule has 0 amide bonds. The third-order valence-corrected chi connectivity index (χ3v) is 5.21. The molecule has 4 aromatic carbocycles. The van der Waals surface area contributed by atoms with Crippen molar-refractivity contribution in [2.75, 3.05) is 0 Å². The van der Waals surface area contributed by atoms with E-state index in [1.807, 2.05) is 6.07 Å². The Morgan fingerprint density at radius 2 is 1.22 bits per heavy atom. The summed E-state index contributed by atoms with van der Waals surface area (Å²) in [4.78, 5) is 9.30. The molecule has 0 aliphatic carbocycles. The van der Waals surface area contributed by atoms with Gasteiger partial charge in [0.1, 0.15) is 0 Å². The minimum atomic E-state index is 0.275. The van der Waals surface area contributed by atoms with Crippen LogP contribution in [-0.2, 0) is 0 Å². The molecule has 1 heterocycles. The van der Waals surface area contributed by atoms with Crippen LogP contribution in [0.3, 0.4) is 0 Å². The summed E-state index contributed by atoms with van der Waals surface area (Å²) in [6.07, 6.45) is 0. The average Bonchev–Trinajstić information content (AvgIpc) is 2.67. The van der Waals surface area contributed by atoms with Crippen molar-refractivity contribution in [3.8, 4) is 11.3 Å². The summed E-state index contributed by atoms with van der Waals surface area (Å²) in [5, 5.41) is 5.97. The smallest absolute Gasteiger partial charge is 0.217 e. The third kappa shape index (κ3) is 2.56. The lowest BCUT2D eigenvalue weighted by molar-refractivity contribution is 1.23. The zero-order valence-electron chi connectivity index (χ0n) is 15.1. The van der Waals surface area contributed by atoms with Gasteiger partial charge < -0.3 is 0 Å². The van der Waals surface area contributed by atoms with E-state index in [4.69, 9.17) is 11.6 Å². The van der Waals surface area contributed by atoms with Crippen molar-refractivity contribution in [3.63, 3.8) is 0 Å². The van der Waals surface area contributed by atoms with Crippen molar-refractivity contribution >= 4 is 44.0 Å². The first kappa shape index (κ1) is 16.2. The van der Waals surface area contributed by atoms with Crippen LogP contribution in [0.2, 0.25) is 5.28 Å². The summed E-state index contributed by atoms with van der Waals surface area (Å²) in [5.41, 5.74) is 5.27. The second kappa shape index (κ2) is 6.04. The highest BCUT2D eigenvalue weighted by Crippen LogP contribution is 2.39. The van der Waals surface area contributed by atoms with Gasteiger partial charge in [0.05, 0.1) is 11.2 Å².